The molecule has 0 radical (unpaired) electrons. The lowest BCUT2D eigenvalue weighted by Crippen LogP contribution is -2.41. The van der Waals surface area contributed by atoms with Gasteiger partial charge in [-0.15, -0.1) is 47.1 Å². The molecule has 1 aromatic carbocycles. The first-order valence-corrected chi connectivity index (χ1v) is 10.6. The third-order valence-electron chi connectivity index (χ3n) is 4.35. The van der Waals surface area contributed by atoms with Gasteiger partial charge in [0, 0.05) is 40.5 Å². The Morgan fingerprint density at radius 1 is 1.30 bits per heavy atom. The molecule has 0 aliphatic heterocycles. The van der Waals surface area contributed by atoms with E-state index in [9.17, 15) is 0 Å². The van der Waals surface area contributed by atoms with Gasteiger partial charge in [-0.3, -0.25) is 4.40 Å². The third kappa shape index (κ3) is 5.39. The molecule has 5 nitrogen and oxygen atoms in total. The van der Waals surface area contributed by atoms with E-state index in [1.165, 1.54) is 17.7 Å². The van der Waals surface area contributed by atoms with Crippen LogP contribution in [0.3, 0.4) is 0 Å². The van der Waals surface area contributed by atoms with E-state index in [0.717, 1.165) is 29.7 Å². The highest BCUT2D eigenvalue weighted by Gasteiger charge is 2.43. The highest BCUT2D eigenvalue weighted by atomic mass is 127. The quantitative estimate of drug-likeness (QED) is 0.280. The number of nitrogens with zero attached hydrogens (tertiary/aromatic N) is 3. The topological polar surface area (TPSA) is 53.7 Å². The number of fused-ring (bicyclic) bond motifs is 1. The SMILES string of the molecule is CCNC(=NCc1cn2ccsc2n1)NCC1(Sc2ccccc2)CC1.I. The van der Waals surface area contributed by atoms with Crippen LogP contribution in [-0.2, 0) is 6.54 Å². The predicted molar refractivity (Wildman–Crippen MR) is 126 cm³/mol. The Hall–Kier alpha value is -1.26. The summed E-state index contributed by atoms with van der Waals surface area (Å²) in [7, 11) is 0. The molecule has 0 spiro atoms. The minimum atomic E-state index is 0. The molecule has 4 rings (SSSR count). The summed E-state index contributed by atoms with van der Waals surface area (Å²) in [6.45, 7) is 4.46. The molecule has 0 unspecified atom stereocenters. The van der Waals surface area contributed by atoms with Gasteiger partial charge in [-0.05, 0) is 31.9 Å². The molecule has 0 amide bonds. The van der Waals surface area contributed by atoms with Crippen LogP contribution in [0.4, 0.5) is 0 Å². The van der Waals surface area contributed by atoms with Gasteiger partial charge in [0.05, 0.1) is 12.2 Å². The molecular weight excluding hydrogens is 489 g/mol. The number of thiazole rings is 1. The molecule has 2 heterocycles. The van der Waals surface area contributed by atoms with E-state index in [0.29, 0.717) is 11.3 Å². The van der Waals surface area contributed by atoms with Crippen molar-refractivity contribution in [1.82, 2.24) is 20.0 Å². The summed E-state index contributed by atoms with van der Waals surface area (Å²) in [6.07, 6.45) is 6.57. The van der Waals surface area contributed by atoms with Gasteiger partial charge in [-0.2, -0.15) is 0 Å². The average molecular weight is 513 g/mol. The lowest BCUT2D eigenvalue weighted by molar-refractivity contribution is 0.768. The van der Waals surface area contributed by atoms with E-state index in [1.54, 1.807) is 11.3 Å². The molecule has 8 heteroatoms. The van der Waals surface area contributed by atoms with Crippen LogP contribution >= 0.6 is 47.1 Å². The summed E-state index contributed by atoms with van der Waals surface area (Å²) < 4.78 is 2.35. The number of hydrogen-bond donors (Lipinski definition) is 2. The summed E-state index contributed by atoms with van der Waals surface area (Å²) in [5.41, 5.74) is 0.994. The van der Waals surface area contributed by atoms with Crippen LogP contribution in [0.25, 0.3) is 4.96 Å². The van der Waals surface area contributed by atoms with Crippen LogP contribution in [0.15, 0.2) is 58.0 Å². The van der Waals surface area contributed by atoms with Crippen LogP contribution in [0.5, 0.6) is 0 Å². The molecule has 0 atom stereocenters. The molecule has 0 saturated heterocycles. The standard InChI is InChI=1S/C19H23N5S2.HI/c1-2-20-17(21-12-15-13-24-10-11-25-18(24)23-15)22-14-19(8-9-19)26-16-6-4-3-5-7-16;/h3-7,10-11,13H,2,8-9,12,14H2,1H3,(H2,20,21,22);1H. The number of aliphatic imine (C=N–C) groups is 1. The fourth-order valence-corrected chi connectivity index (χ4v) is 4.75. The van der Waals surface area contributed by atoms with E-state index in [-0.39, 0.29) is 24.0 Å². The minimum Gasteiger partial charge on any atom is -0.357 e. The van der Waals surface area contributed by atoms with Crippen molar-refractivity contribution >= 4 is 58.0 Å². The van der Waals surface area contributed by atoms with Crippen LogP contribution in [-0.4, -0.2) is 33.2 Å². The Balaban J connectivity index is 0.00000210. The van der Waals surface area contributed by atoms with Gasteiger partial charge in [0.1, 0.15) is 0 Å². The van der Waals surface area contributed by atoms with Crippen molar-refractivity contribution in [2.24, 2.45) is 4.99 Å². The number of aromatic nitrogens is 2. The van der Waals surface area contributed by atoms with Crippen molar-refractivity contribution in [3.63, 3.8) is 0 Å². The Labute approximate surface area is 185 Å². The maximum atomic E-state index is 4.71. The summed E-state index contributed by atoms with van der Waals surface area (Å²) >= 11 is 3.62. The number of thioether (sulfide) groups is 1. The average Bonchev–Trinajstić information content (AvgIpc) is 3.08. The lowest BCUT2D eigenvalue weighted by atomic mass is 10.4. The molecule has 1 aliphatic carbocycles. The molecule has 1 saturated carbocycles. The first-order chi connectivity index (χ1) is 12.8. The highest BCUT2D eigenvalue weighted by Crippen LogP contribution is 2.51. The van der Waals surface area contributed by atoms with E-state index < -0.39 is 0 Å². The minimum absolute atomic E-state index is 0. The van der Waals surface area contributed by atoms with Crippen molar-refractivity contribution in [2.75, 3.05) is 13.1 Å². The van der Waals surface area contributed by atoms with Crippen molar-refractivity contribution in [1.29, 1.82) is 0 Å². The summed E-state index contributed by atoms with van der Waals surface area (Å²) in [5.74, 6) is 0.865. The van der Waals surface area contributed by atoms with E-state index in [2.05, 4.69) is 52.9 Å². The first-order valence-electron chi connectivity index (χ1n) is 8.94. The third-order valence-corrected chi connectivity index (χ3v) is 6.61. The second-order valence-electron chi connectivity index (χ2n) is 6.47. The van der Waals surface area contributed by atoms with Gasteiger partial charge in [0.15, 0.2) is 10.9 Å². The van der Waals surface area contributed by atoms with Crippen LogP contribution in [0, 0.1) is 0 Å². The van der Waals surface area contributed by atoms with Gasteiger partial charge >= 0.3 is 0 Å². The Morgan fingerprint density at radius 2 is 2.11 bits per heavy atom. The van der Waals surface area contributed by atoms with E-state index >= 15 is 0 Å². The Bertz CT molecular complexity index is 857. The van der Waals surface area contributed by atoms with E-state index in [1.807, 2.05) is 33.9 Å². The van der Waals surface area contributed by atoms with Gasteiger partial charge in [0.2, 0.25) is 0 Å². The molecule has 2 N–H and O–H groups in total. The molecule has 0 bridgehead atoms. The van der Waals surface area contributed by atoms with Gasteiger partial charge in [-0.25, -0.2) is 9.98 Å². The molecule has 1 aliphatic rings. The van der Waals surface area contributed by atoms with Gasteiger partial charge in [0.25, 0.3) is 0 Å². The number of benzene rings is 1. The molecule has 144 valence electrons. The van der Waals surface area contributed by atoms with Gasteiger partial charge < -0.3 is 10.6 Å². The zero-order valence-corrected chi connectivity index (χ0v) is 19.2. The zero-order chi connectivity index (χ0) is 17.8. The maximum Gasteiger partial charge on any atom is 0.193 e. The maximum absolute atomic E-state index is 4.71. The molecule has 1 fully saturated rings. The summed E-state index contributed by atoms with van der Waals surface area (Å²) in [4.78, 5) is 11.7. The predicted octanol–water partition coefficient (Wildman–Crippen LogP) is 4.39. The van der Waals surface area contributed by atoms with Crippen molar-refractivity contribution in [2.45, 2.75) is 36.0 Å². The number of imidazole rings is 1. The monoisotopic (exact) mass is 513 g/mol. The van der Waals surface area contributed by atoms with E-state index in [4.69, 9.17) is 4.99 Å². The highest BCUT2D eigenvalue weighted by molar-refractivity contribution is 14.0. The van der Waals surface area contributed by atoms with Crippen molar-refractivity contribution < 1.29 is 0 Å². The zero-order valence-electron chi connectivity index (χ0n) is 15.2. The second kappa shape index (κ2) is 9.29. The van der Waals surface area contributed by atoms with Crippen LogP contribution in [0.1, 0.15) is 25.5 Å². The van der Waals surface area contributed by atoms with Gasteiger partial charge in [-0.1, -0.05) is 18.2 Å². The number of nitrogens with one attached hydrogen (secondary N) is 2. The summed E-state index contributed by atoms with van der Waals surface area (Å²) in [5, 5.41) is 8.91. The normalized spacial score (nSPS) is 15.4. The molecule has 3 aromatic rings. The first kappa shape index (κ1) is 20.5. The smallest absolute Gasteiger partial charge is 0.193 e. The molecule has 27 heavy (non-hydrogen) atoms. The van der Waals surface area contributed by atoms with Crippen LogP contribution in [0.2, 0.25) is 0 Å². The molecule has 2 aromatic heterocycles. The Kier molecular flexibility index (Phi) is 7.04. The fraction of sp³-hybridized carbons (Fsp3) is 0.368. The number of halogens is 1. The second-order valence-corrected chi connectivity index (χ2v) is 8.89. The summed E-state index contributed by atoms with van der Waals surface area (Å²) in [6, 6.07) is 10.7. The number of hydrogen-bond acceptors (Lipinski definition) is 4. The fourth-order valence-electron chi connectivity index (χ4n) is 2.79. The largest absolute Gasteiger partial charge is 0.357 e. The molecular formula is C19H24IN5S2. The Morgan fingerprint density at radius 3 is 2.81 bits per heavy atom. The number of guanidine groups is 1. The van der Waals surface area contributed by atoms with Crippen molar-refractivity contribution in [3.8, 4) is 0 Å². The lowest BCUT2D eigenvalue weighted by Gasteiger charge is -2.18. The number of rotatable bonds is 7. The van der Waals surface area contributed by atoms with Crippen LogP contribution < -0.4 is 10.6 Å². The van der Waals surface area contributed by atoms with Crippen molar-refractivity contribution in [3.05, 3.63) is 53.8 Å².